The Morgan fingerprint density at radius 2 is 2.16 bits per heavy atom. The summed E-state index contributed by atoms with van der Waals surface area (Å²) in [6.07, 6.45) is -3.49. The minimum atomic E-state index is -3.12. The lowest BCUT2D eigenvalue weighted by atomic mass is 10.1. The van der Waals surface area contributed by atoms with Crippen LogP contribution in [-0.4, -0.2) is 30.1 Å². The summed E-state index contributed by atoms with van der Waals surface area (Å²) in [5, 5.41) is 10.7. The van der Waals surface area contributed by atoms with Crippen LogP contribution in [0.15, 0.2) is 6.07 Å². The molecular weight excluding hydrogens is 266 g/mol. The predicted octanol–water partition coefficient (Wildman–Crippen LogP) is 1.65. The third-order valence-corrected chi connectivity index (χ3v) is 2.23. The van der Waals surface area contributed by atoms with Gasteiger partial charge in [-0.05, 0) is 0 Å². The van der Waals surface area contributed by atoms with E-state index in [0.29, 0.717) is 0 Å². The topological polar surface area (TPSA) is 91.6 Å². The Bertz CT molecular complexity index is 507. The van der Waals surface area contributed by atoms with Crippen molar-refractivity contribution < 1.29 is 28.0 Å². The first kappa shape index (κ1) is 14.7. The zero-order valence-electron chi connectivity index (χ0n) is 10.1. The van der Waals surface area contributed by atoms with Gasteiger partial charge in [0.25, 0.3) is 12.1 Å². The van der Waals surface area contributed by atoms with Gasteiger partial charge in [-0.3, -0.25) is 14.9 Å². The molecule has 0 atom stereocenters. The molecule has 1 aromatic heterocycles. The number of hydrogen-bond donors (Lipinski definition) is 0. The number of alkyl halides is 2. The van der Waals surface area contributed by atoms with Crippen molar-refractivity contribution in [2.75, 3.05) is 14.2 Å². The number of hydrogen-bond acceptors (Lipinski definition) is 6. The van der Waals surface area contributed by atoms with E-state index in [1.807, 2.05) is 0 Å². The summed E-state index contributed by atoms with van der Waals surface area (Å²) < 4.78 is 34.4. The molecule has 0 fully saturated rings. The van der Waals surface area contributed by atoms with E-state index in [2.05, 4.69) is 9.72 Å². The summed E-state index contributed by atoms with van der Waals surface area (Å²) >= 11 is 0. The Balaban J connectivity index is 3.35. The predicted molar refractivity (Wildman–Crippen MR) is 58.1 cm³/mol. The number of nitrogens with zero attached hydrogens (tertiary/aromatic N) is 2. The van der Waals surface area contributed by atoms with Gasteiger partial charge in [-0.25, -0.2) is 13.8 Å². The highest BCUT2D eigenvalue weighted by Crippen LogP contribution is 2.32. The molecule has 1 rings (SSSR count). The fourth-order valence-corrected chi connectivity index (χ4v) is 1.38. The fraction of sp³-hybridized carbons (Fsp3) is 0.400. The molecule has 0 aliphatic carbocycles. The third kappa shape index (κ3) is 3.33. The number of pyridine rings is 1. The number of nitro groups is 1. The molecule has 1 heterocycles. The number of ether oxygens (including phenoxy) is 2. The van der Waals surface area contributed by atoms with Crippen molar-refractivity contribution in [1.82, 2.24) is 4.98 Å². The first-order chi connectivity index (χ1) is 8.90. The van der Waals surface area contributed by atoms with Gasteiger partial charge in [-0.15, -0.1) is 0 Å². The minimum Gasteiger partial charge on any atom is -0.481 e. The number of carbonyl (C=O) groups is 1. The highest BCUT2D eigenvalue weighted by Gasteiger charge is 2.27. The first-order valence-corrected chi connectivity index (χ1v) is 4.97. The summed E-state index contributed by atoms with van der Waals surface area (Å²) in [7, 11) is 2.29. The summed E-state index contributed by atoms with van der Waals surface area (Å²) in [6, 6.07) is 0.838. The van der Waals surface area contributed by atoms with Crippen LogP contribution >= 0.6 is 0 Å². The minimum absolute atomic E-state index is 0.00505. The SMILES string of the molecule is COC(=O)Cc1cc([N+](=O)[O-])c(C(F)F)nc1OC. The molecule has 0 aliphatic rings. The Hall–Kier alpha value is -2.32. The van der Waals surface area contributed by atoms with E-state index in [1.54, 1.807) is 0 Å². The molecule has 9 heteroatoms. The molecule has 0 aromatic carbocycles. The first-order valence-electron chi connectivity index (χ1n) is 4.97. The number of rotatable bonds is 5. The molecule has 19 heavy (non-hydrogen) atoms. The van der Waals surface area contributed by atoms with Gasteiger partial charge < -0.3 is 9.47 Å². The average molecular weight is 276 g/mol. The molecule has 0 spiro atoms. The Morgan fingerprint density at radius 1 is 1.53 bits per heavy atom. The van der Waals surface area contributed by atoms with Gasteiger partial charge in [0.2, 0.25) is 5.88 Å². The summed E-state index contributed by atoms with van der Waals surface area (Å²) in [5.41, 5.74) is -1.87. The molecule has 1 aromatic rings. The van der Waals surface area contributed by atoms with Crippen molar-refractivity contribution in [2.24, 2.45) is 0 Å². The number of aromatic nitrogens is 1. The molecule has 0 aliphatic heterocycles. The van der Waals surface area contributed by atoms with Crippen LogP contribution in [0.1, 0.15) is 17.7 Å². The summed E-state index contributed by atoms with van der Waals surface area (Å²) in [6.45, 7) is 0. The smallest absolute Gasteiger partial charge is 0.310 e. The molecule has 0 saturated heterocycles. The lowest BCUT2D eigenvalue weighted by Gasteiger charge is -2.09. The van der Waals surface area contributed by atoms with Gasteiger partial charge >= 0.3 is 5.97 Å². The van der Waals surface area contributed by atoms with E-state index < -0.39 is 28.7 Å². The van der Waals surface area contributed by atoms with Gasteiger partial charge in [-0.1, -0.05) is 0 Å². The molecule has 0 unspecified atom stereocenters. The molecule has 0 radical (unpaired) electrons. The van der Waals surface area contributed by atoms with E-state index in [9.17, 15) is 23.7 Å². The zero-order valence-corrected chi connectivity index (χ0v) is 10.1. The van der Waals surface area contributed by atoms with Crippen molar-refractivity contribution in [3.05, 3.63) is 27.4 Å². The van der Waals surface area contributed by atoms with E-state index in [1.165, 1.54) is 0 Å². The molecule has 7 nitrogen and oxygen atoms in total. The van der Waals surface area contributed by atoms with Crippen molar-refractivity contribution in [2.45, 2.75) is 12.8 Å². The molecule has 104 valence electrons. The van der Waals surface area contributed by atoms with Gasteiger partial charge in [-0.2, -0.15) is 0 Å². The lowest BCUT2D eigenvalue weighted by Crippen LogP contribution is -2.09. The highest BCUT2D eigenvalue weighted by molar-refractivity contribution is 5.73. The van der Waals surface area contributed by atoms with Crippen LogP contribution in [0.5, 0.6) is 5.88 Å². The number of esters is 1. The highest BCUT2D eigenvalue weighted by atomic mass is 19.3. The van der Waals surface area contributed by atoms with E-state index >= 15 is 0 Å². The second-order valence-corrected chi connectivity index (χ2v) is 3.37. The van der Waals surface area contributed by atoms with Crippen molar-refractivity contribution in [3.8, 4) is 5.88 Å². The quantitative estimate of drug-likeness (QED) is 0.461. The van der Waals surface area contributed by atoms with Gasteiger partial charge in [0.15, 0.2) is 5.69 Å². The monoisotopic (exact) mass is 276 g/mol. The Kier molecular flexibility index (Phi) is 4.67. The van der Waals surface area contributed by atoms with Crippen molar-refractivity contribution >= 4 is 11.7 Å². The zero-order chi connectivity index (χ0) is 14.6. The maximum atomic E-state index is 12.7. The van der Waals surface area contributed by atoms with Crippen LogP contribution in [-0.2, 0) is 16.0 Å². The maximum absolute atomic E-state index is 12.7. The van der Waals surface area contributed by atoms with Gasteiger partial charge in [0.1, 0.15) is 0 Å². The normalized spacial score (nSPS) is 10.4. The average Bonchev–Trinajstić information content (AvgIpc) is 2.37. The number of halogens is 2. The van der Waals surface area contributed by atoms with Crippen LogP contribution in [0.3, 0.4) is 0 Å². The number of methoxy groups -OCH3 is 2. The fourth-order valence-electron chi connectivity index (χ4n) is 1.38. The molecule has 0 amide bonds. The lowest BCUT2D eigenvalue weighted by molar-refractivity contribution is -0.386. The molecule has 0 N–H and O–H groups in total. The standard InChI is InChI=1S/C10H10F2N2O5/c1-18-7(15)4-5-3-6(14(16)17)8(9(11)12)13-10(5)19-2/h3,9H,4H2,1-2H3. The Labute approximate surface area is 106 Å². The maximum Gasteiger partial charge on any atom is 0.310 e. The van der Waals surface area contributed by atoms with E-state index in [0.717, 1.165) is 20.3 Å². The van der Waals surface area contributed by atoms with Crippen LogP contribution in [0.2, 0.25) is 0 Å². The second-order valence-electron chi connectivity index (χ2n) is 3.37. The second kappa shape index (κ2) is 6.03. The molecule has 0 saturated carbocycles. The van der Waals surface area contributed by atoms with Crippen molar-refractivity contribution in [3.63, 3.8) is 0 Å². The van der Waals surface area contributed by atoms with E-state index in [-0.39, 0.29) is 17.9 Å². The molecular formula is C10H10F2N2O5. The van der Waals surface area contributed by atoms with Crippen LogP contribution in [0.25, 0.3) is 0 Å². The number of carbonyl (C=O) groups excluding carboxylic acids is 1. The third-order valence-electron chi connectivity index (χ3n) is 2.23. The van der Waals surface area contributed by atoms with Crippen molar-refractivity contribution in [1.29, 1.82) is 0 Å². The van der Waals surface area contributed by atoms with Gasteiger partial charge in [0, 0.05) is 11.6 Å². The van der Waals surface area contributed by atoms with Crippen LogP contribution < -0.4 is 4.74 Å². The summed E-state index contributed by atoms with van der Waals surface area (Å²) in [5.74, 6) is -0.967. The van der Waals surface area contributed by atoms with Gasteiger partial charge in [0.05, 0.1) is 25.6 Å². The molecule has 0 bridgehead atoms. The summed E-state index contributed by atoms with van der Waals surface area (Å²) in [4.78, 5) is 24.2. The van der Waals surface area contributed by atoms with E-state index in [4.69, 9.17) is 4.74 Å². The Morgan fingerprint density at radius 3 is 2.58 bits per heavy atom. The van der Waals surface area contributed by atoms with Crippen LogP contribution in [0, 0.1) is 10.1 Å². The van der Waals surface area contributed by atoms with Crippen LogP contribution in [0.4, 0.5) is 14.5 Å². The largest absolute Gasteiger partial charge is 0.481 e.